The first kappa shape index (κ1) is 14.8. The highest BCUT2D eigenvalue weighted by Crippen LogP contribution is 2.31. The number of carboxylic acids is 1. The van der Waals surface area contributed by atoms with Crippen LogP contribution < -0.4 is 0 Å². The highest BCUT2D eigenvalue weighted by Gasteiger charge is 2.24. The fourth-order valence-electron chi connectivity index (χ4n) is 3.16. The number of piperidine rings is 1. The summed E-state index contributed by atoms with van der Waals surface area (Å²) in [6, 6.07) is 7.60. The zero-order valence-corrected chi connectivity index (χ0v) is 12.8. The van der Waals surface area contributed by atoms with E-state index >= 15 is 0 Å². The van der Waals surface area contributed by atoms with E-state index in [1.165, 1.54) is 18.4 Å². The lowest BCUT2D eigenvalue weighted by Gasteiger charge is -2.35. The molecule has 0 aliphatic carbocycles. The molecule has 2 aromatic rings. The van der Waals surface area contributed by atoms with Crippen molar-refractivity contribution in [3.05, 3.63) is 53.3 Å². The van der Waals surface area contributed by atoms with Crippen molar-refractivity contribution in [2.24, 2.45) is 7.05 Å². The van der Waals surface area contributed by atoms with Gasteiger partial charge in [0.2, 0.25) is 0 Å². The molecule has 1 atom stereocenters. The fraction of sp³-hybridized carbons (Fsp3) is 0.412. The van der Waals surface area contributed by atoms with Gasteiger partial charge in [-0.05, 0) is 37.1 Å². The van der Waals surface area contributed by atoms with Crippen molar-refractivity contribution >= 4 is 5.97 Å². The number of hydrogen-bond acceptors (Lipinski definition) is 3. The average Bonchev–Trinajstić information content (AvgIpc) is 2.95. The molecule has 22 heavy (non-hydrogen) atoms. The molecule has 1 aliphatic rings. The summed E-state index contributed by atoms with van der Waals surface area (Å²) in [6.07, 6.45) is 7.66. The standard InChI is InChI=1S/C17H21N3O2/c1-19-12-15(10-18-19)16-4-2-3-9-20(16)11-13-5-7-14(8-6-13)17(21)22/h5-8,10,12,16H,2-4,9,11H2,1H3,(H,21,22). The van der Waals surface area contributed by atoms with Crippen LogP contribution in [-0.2, 0) is 13.6 Å². The second-order valence-electron chi connectivity index (χ2n) is 5.93. The molecular formula is C17H21N3O2. The Bertz CT molecular complexity index is 648. The van der Waals surface area contributed by atoms with Crippen molar-refractivity contribution in [3.8, 4) is 0 Å². The van der Waals surface area contributed by atoms with Crippen LogP contribution in [-0.4, -0.2) is 32.3 Å². The maximum absolute atomic E-state index is 10.9. The Morgan fingerprint density at radius 1 is 1.32 bits per heavy atom. The molecule has 1 aromatic carbocycles. The topological polar surface area (TPSA) is 58.4 Å². The molecule has 0 amide bonds. The summed E-state index contributed by atoms with van der Waals surface area (Å²) in [5.74, 6) is -0.877. The average molecular weight is 299 g/mol. The van der Waals surface area contributed by atoms with Crippen molar-refractivity contribution in [3.63, 3.8) is 0 Å². The zero-order chi connectivity index (χ0) is 15.5. The third kappa shape index (κ3) is 3.20. The lowest BCUT2D eigenvalue weighted by molar-refractivity contribution is 0.0697. The van der Waals surface area contributed by atoms with E-state index in [1.807, 2.05) is 30.1 Å². The lowest BCUT2D eigenvalue weighted by Crippen LogP contribution is -2.32. The van der Waals surface area contributed by atoms with E-state index in [0.29, 0.717) is 11.6 Å². The minimum atomic E-state index is -0.877. The predicted molar refractivity (Wildman–Crippen MR) is 83.6 cm³/mol. The molecule has 0 saturated carbocycles. The number of aromatic carboxylic acids is 1. The van der Waals surface area contributed by atoms with Crippen LogP contribution in [0.4, 0.5) is 0 Å². The smallest absolute Gasteiger partial charge is 0.335 e. The van der Waals surface area contributed by atoms with Gasteiger partial charge < -0.3 is 5.11 Å². The van der Waals surface area contributed by atoms with Gasteiger partial charge in [0, 0.05) is 31.4 Å². The highest BCUT2D eigenvalue weighted by molar-refractivity contribution is 5.87. The zero-order valence-electron chi connectivity index (χ0n) is 12.8. The van der Waals surface area contributed by atoms with Crippen molar-refractivity contribution in [2.75, 3.05) is 6.54 Å². The SMILES string of the molecule is Cn1cc(C2CCCCN2Cc2ccc(C(=O)O)cc2)cn1. The Labute approximate surface area is 130 Å². The van der Waals surface area contributed by atoms with Gasteiger partial charge >= 0.3 is 5.97 Å². The van der Waals surface area contributed by atoms with Gasteiger partial charge in [0.25, 0.3) is 0 Å². The second kappa shape index (κ2) is 6.32. The maximum atomic E-state index is 10.9. The Balaban J connectivity index is 1.75. The molecule has 5 heteroatoms. The summed E-state index contributed by atoms with van der Waals surface area (Å²) in [6.45, 7) is 1.92. The third-order valence-electron chi connectivity index (χ3n) is 4.31. The van der Waals surface area contributed by atoms with Crippen molar-refractivity contribution in [2.45, 2.75) is 31.8 Å². The molecular weight excluding hydrogens is 278 g/mol. The van der Waals surface area contributed by atoms with Crippen LogP contribution in [0.25, 0.3) is 0 Å². The van der Waals surface area contributed by atoms with Crippen molar-refractivity contribution in [1.29, 1.82) is 0 Å². The third-order valence-corrected chi connectivity index (χ3v) is 4.31. The van der Waals surface area contributed by atoms with Gasteiger partial charge in [0.15, 0.2) is 0 Å². The number of carboxylic acid groups (broad SMARTS) is 1. The summed E-state index contributed by atoms with van der Waals surface area (Å²) in [4.78, 5) is 13.4. The molecule has 3 rings (SSSR count). The summed E-state index contributed by atoms with van der Waals surface area (Å²) in [5.41, 5.74) is 2.76. The molecule has 0 radical (unpaired) electrons. The molecule has 1 N–H and O–H groups in total. The van der Waals surface area contributed by atoms with Crippen LogP contribution in [0.3, 0.4) is 0 Å². The number of rotatable bonds is 4. The molecule has 1 saturated heterocycles. The van der Waals surface area contributed by atoms with E-state index in [4.69, 9.17) is 5.11 Å². The lowest BCUT2D eigenvalue weighted by atomic mass is 9.96. The van der Waals surface area contributed by atoms with Crippen LogP contribution in [0.5, 0.6) is 0 Å². The van der Waals surface area contributed by atoms with Crippen molar-refractivity contribution in [1.82, 2.24) is 14.7 Å². The minimum Gasteiger partial charge on any atom is -0.478 e. The largest absolute Gasteiger partial charge is 0.478 e. The first-order chi connectivity index (χ1) is 10.6. The summed E-state index contributed by atoms with van der Waals surface area (Å²) < 4.78 is 1.85. The Morgan fingerprint density at radius 3 is 2.73 bits per heavy atom. The fourth-order valence-corrected chi connectivity index (χ4v) is 3.16. The van der Waals surface area contributed by atoms with Gasteiger partial charge in [0.05, 0.1) is 11.8 Å². The molecule has 1 unspecified atom stereocenters. The molecule has 0 bridgehead atoms. The molecule has 1 aliphatic heterocycles. The molecule has 116 valence electrons. The Morgan fingerprint density at radius 2 is 2.09 bits per heavy atom. The number of likely N-dealkylation sites (tertiary alicyclic amines) is 1. The summed E-state index contributed by atoms with van der Waals surface area (Å²) in [5, 5.41) is 13.3. The van der Waals surface area contributed by atoms with Gasteiger partial charge in [0.1, 0.15) is 0 Å². The number of hydrogen-bond donors (Lipinski definition) is 1. The molecule has 5 nitrogen and oxygen atoms in total. The summed E-state index contributed by atoms with van der Waals surface area (Å²) in [7, 11) is 1.95. The number of carbonyl (C=O) groups is 1. The predicted octanol–water partition coefficient (Wildman–Crippen LogP) is 2.85. The van der Waals surface area contributed by atoms with Gasteiger partial charge in [-0.3, -0.25) is 9.58 Å². The van der Waals surface area contributed by atoms with Crippen molar-refractivity contribution < 1.29 is 9.90 Å². The number of nitrogens with zero attached hydrogens (tertiary/aromatic N) is 3. The van der Waals surface area contributed by atoms with E-state index in [9.17, 15) is 4.79 Å². The van der Waals surface area contributed by atoms with E-state index in [0.717, 1.165) is 25.1 Å². The second-order valence-corrected chi connectivity index (χ2v) is 5.93. The first-order valence-electron chi connectivity index (χ1n) is 7.68. The molecule has 1 aromatic heterocycles. The normalized spacial score (nSPS) is 19.2. The first-order valence-corrected chi connectivity index (χ1v) is 7.68. The highest BCUT2D eigenvalue weighted by atomic mass is 16.4. The van der Waals surface area contributed by atoms with E-state index in [2.05, 4.69) is 16.2 Å². The molecule has 2 heterocycles. The molecule has 1 fully saturated rings. The van der Waals surface area contributed by atoms with E-state index in [-0.39, 0.29) is 0 Å². The van der Waals surface area contributed by atoms with Crippen LogP contribution in [0.2, 0.25) is 0 Å². The summed E-state index contributed by atoms with van der Waals surface area (Å²) >= 11 is 0. The van der Waals surface area contributed by atoms with Crippen LogP contribution in [0.1, 0.15) is 46.8 Å². The van der Waals surface area contributed by atoms with Crippen LogP contribution >= 0.6 is 0 Å². The minimum absolute atomic E-state index is 0.339. The Hall–Kier alpha value is -2.14. The van der Waals surface area contributed by atoms with Crippen LogP contribution in [0, 0.1) is 0 Å². The number of benzene rings is 1. The van der Waals surface area contributed by atoms with Crippen LogP contribution in [0.15, 0.2) is 36.7 Å². The van der Waals surface area contributed by atoms with Gasteiger partial charge in [-0.15, -0.1) is 0 Å². The van der Waals surface area contributed by atoms with Gasteiger partial charge in [-0.2, -0.15) is 5.10 Å². The Kier molecular flexibility index (Phi) is 4.24. The number of aromatic nitrogens is 2. The van der Waals surface area contributed by atoms with E-state index in [1.54, 1.807) is 12.1 Å². The van der Waals surface area contributed by atoms with Gasteiger partial charge in [-0.25, -0.2) is 4.79 Å². The quantitative estimate of drug-likeness (QED) is 0.943. The maximum Gasteiger partial charge on any atom is 0.335 e. The van der Waals surface area contributed by atoms with E-state index < -0.39 is 5.97 Å². The molecule has 0 spiro atoms. The number of aryl methyl sites for hydroxylation is 1. The monoisotopic (exact) mass is 299 g/mol. The van der Waals surface area contributed by atoms with Gasteiger partial charge in [-0.1, -0.05) is 18.6 Å².